The molecule has 1 heterocycles. The van der Waals surface area contributed by atoms with Gasteiger partial charge in [0.2, 0.25) is 5.91 Å². The van der Waals surface area contributed by atoms with Crippen molar-refractivity contribution in [2.24, 2.45) is 0 Å². The predicted octanol–water partition coefficient (Wildman–Crippen LogP) is 2.89. The van der Waals surface area contributed by atoms with Gasteiger partial charge >= 0.3 is 0 Å². The fraction of sp³-hybridized carbons (Fsp3) is 0.167. The minimum Gasteiger partial charge on any atom is -0.493 e. The van der Waals surface area contributed by atoms with Crippen LogP contribution in [0, 0.1) is 0 Å². The molecule has 0 unspecified atom stereocenters. The van der Waals surface area contributed by atoms with Gasteiger partial charge in [0, 0.05) is 11.0 Å². The summed E-state index contributed by atoms with van der Waals surface area (Å²) in [6.07, 6.45) is 3.89. The van der Waals surface area contributed by atoms with Crippen molar-refractivity contribution in [3.63, 3.8) is 0 Å². The van der Waals surface area contributed by atoms with Crippen LogP contribution in [-0.2, 0) is 4.79 Å². The highest BCUT2D eigenvalue weighted by molar-refractivity contribution is 7.80. The number of hydrazine groups is 1. The molecule has 2 amide bonds. The molecule has 0 spiro atoms. The summed E-state index contributed by atoms with van der Waals surface area (Å²) in [4.78, 5) is 25.0. The molecule has 0 bridgehead atoms. The van der Waals surface area contributed by atoms with Gasteiger partial charge in [-0.2, -0.15) is 0 Å². The maximum atomic E-state index is 12.3. The van der Waals surface area contributed by atoms with Crippen LogP contribution in [0.15, 0.2) is 47.9 Å². The number of ether oxygens (including phenoxy) is 1. The number of hydrogen-bond acceptors (Lipinski definition) is 5. The molecule has 0 aliphatic carbocycles. The maximum Gasteiger partial charge on any atom is 0.273 e. The molecule has 3 N–H and O–H groups in total. The third-order valence-corrected chi connectivity index (χ3v) is 4.10. The fourth-order valence-electron chi connectivity index (χ4n) is 1.90. The Bertz CT molecular complexity index is 789. The van der Waals surface area contributed by atoms with Gasteiger partial charge in [0.15, 0.2) is 5.11 Å². The maximum absolute atomic E-state index is 12.3. The first kappa shape index (κ1) is 19.6. The van der Waals surface area contributed by atoms with Crippen LogP contribution in [0.5, 0.6) is 5.75 Å². The first-order chi connectivity index (χ1) is 12.6. The highest BCUT2D eigenvalue weighted by atomic mass is 32.1. The van der Waals surface area contributed by atoms with Gasteiger partial charge in [0.05, 0.1) is 12.2 Å². The van der Waals surface area contributed by atoms with E-state index in [0.29, 0.717) is 17.9 Å². The largest absolute Gasteiger partial charge is 0.493 e. The van der Waals surface area contributed by atoms with Gasteiger partial charge in [-0.3, -0.25) is 25.8 Å². The number of thiocarbonyl (C=S) groups is 1. The highest BCUT2D eigenvalue weighted by Crippen LogP contribution is 2.17. The molecule has 2 aromatic rings. The Morgan fingerprint density at radius 2 is 2.00 bits per heavy atom. The van der Waals surface area contributed by atoms with Crippen molar-refractivity contribution in [2.75, 3.05) is 6.61 Å². The van der Waals surface area contributed by atoms with Gasteiger partial charge < -0.3 is 4.74 Å². The van der Waals surface area contributed by atoms with Crippen molar-refractivity contribution in [1.82, 2.24) is 16.2 Å². The number of benzene rings is 1. The molecule has 0 saturated carbocycles. The summed E-state index contributed by atoms with van der Waals surface area (Å²) in [6.45, 7) is 2.50. The zero-order chi connectivity index (χ0) is 18.8. The standard InChI is InChI=1S/C18H19N3O3S2/c1-2-11-24-15-8-4-3-7-14(15)17(23)20-21-18(25)19-16(22)10-9-13-6-5-12-26-13/h3-10,12H,2,11H2,1H3,(H,20,23)(H2,19,21,22,25)/b10-9+. The smallest absolute Gasteiger partial charge is 0.273 e. The van der Waals surface area contributed by atoms with Gasteiger partial charge in [-0.1, -0.05) is 25.1 Å². The summed E-state index contributed by atoms with van der Waals surface area (Å²) in [6, 6.07) is 10.7. The molecule has 0 aliphatic heterocycles. The summed E-state index contributed by atoms with van der Waals surface area (Å²) >= 11 is 6.51. The highest BCUT2D eigenvalue weighted by Gasteiger charge is 2.12. The predicted molar refractivity (Wildman–Crippen MR) is 107 cm³/mol. The average molecular weight is 390 g/mol. The molecular formula is C18H19N3O3S2. The van der Waals surface area contributed by atoms with Crippen molar-refractivity contribution in [1.29, 1.82) is 0 Å². The van der Waals surface area contributed by atoms with Crippen molar-refractivity contribution in [3.8, 4) is 5.75 Å². The summed E-state index contributed by atoms with van der Waals surface area (Å²) < 4.78 is 5.55. The molecule has 6 nitrogen and oxygen atoms in total. The van der Waals surface area contributed by atoms with Crippen LogP contribution in [0.25, 0.3) is 6.08 Å². The number of hydrogen-bond donors (Lipinski definition) is 3. The van der Waals surface area contributed by atoms with Crippen LogP contribution in [-0.4, -0.2) is 23.5 Å². The van der Waals surface area contributed by atoms with Crippen LogP contribution in [0.3, 0.4) is 0 Å². The summed E-state index contributed by atoms with van der Waals surface area (Å²) in [5.74, 6) is -0.318. The van der Waals surface area contributed by atoms with E-state index in [9.17, 15) is 9.59 Å². The molecule has 136 valence electrons. The summed E-state index contributed by atoms with van der Waals surface area (Å²) in [7, 11) is 0. The van der Waals surface area contributed by atoms with Crippen molar-refractivity contribution >= 4 is 46.6 Å². The SMILES string of the molecule is CCCOc1ccccc1C(=O)NNC(=S)NC(=O)/C=C/c1cccs1. The quantitative estimate of drug-likeness (QED) is 0.402. The van der Waals surface area contributed by atoms with Crippen LogP contribution in [0.1, 0.15) is 28.6 Å². The minimum absolute atomic E-state index is 0.00821. The molecular weight excluding hydrogens is 370 g/mol. The third-order valence-electron chi connectivity index (χ3n) is 3.06. The van der Waals surface area contributed by atoms with Crippen molar-refractivity contribution in [2.45, 2.75) is 13.3 Å². The Balaban J connectivity index is 1.83. The first-order valence-corrected chi connectivity index (χ1v) is 9.23. The van der Waals surface area contributed by atoms with Crippen LogP contribution >= 0.6 is 23.6 Å². The van der Waals surface area contributed by atoms with Crippen LogP contribution in [0.2, 0.25) is 0 Å². The Labute approximate surface area is 161 Å². The summed E-state index contributed by atoms with van der Waals surface area (Å²) in [5, 5.41) is 4.36. The van der Waals surface area contributed by atoms with Crippen molar-refractivity contribution in [3.05, 3.63) is 58.3 Å². The van der Waals surface area contributed by atoms with Gasteiger partial charge in [-0.15, -0.1) is 11.3 Å². The topological polar surface area (TPSA) is 79.5 Å². The number of para-hydroxylation sites is 1. The van der Waals surface area contributed by atoms with E-state index in [1.54, 1.807) is 30.3 Å². The molecule has 0 atom stereocenters. The van der Waals surface area contributed by atoms with Crippen molar-refractivity contribution < 1.29 is 14.3 Å². The Hall–Kier alpha value is -2.71. The number of thiophene rings is 1. The lowest BCUT2D eigenvalue weighted by Crippen LogP contribution is -2.48. The van der Waals surface area contributed by atoms with Crippen LogP contribution in [0.4, 0.5) is 0 Å². The van der Waals surface area contributed by atoms with E-state index in [0.717, 1.165) is 11.3 Å². The monoisotopic (exact) mass is 389 g/mol. The Kier molecular flexibility index (Phi) is 7.78. The molecule has 26 heavy (non-hydrogen) atoms. The van der Waals surface area contributed by atoms with E-state index in [4.69, 9.17) is 17.0 Å². The Morgan fingerprint density at radius 1 is 1.19 bits per heavy atom. The molecule has 0 radical (unpaired) electrons. The minimum atomic E-state index is -0.414. The number of carbonyl (C=O) groups excluding carboxylic acids is 2. The van der Waals surface area contributed by atoms with Crippen LogP contribution < -0.4 is 20.9 Å². The van der Waals surface area contributed by atoms with E-state index in [2.05, 4.69) is 16.2 Å². The second-order valence-electron chi connectivity index (χ2n) is 5.09. The average Bonchev–Trinajstić information content (AvgIpc) is 3.16. The van der Waals surface area contributed by atoms with E-state index in [-0.39, 0.29) is 5.11 Å². The molecule has 0 fully saturated rings. The van der Waals surface area contributed by atoms with E-state index < -0.39 is 11.8 Å². The van der Waals surface area contributed by atoms with E-state index in [1.165, 1.54) is 17.4 Å². The van der Waals surface area contributed by atoms with E-state index in [1.807, 2.05) is 24.4 Å². The van der Waals surface area contributed by atoms with E-state index >= 15 is 0 Å². The number of amides is 2. The summed E-state index contributed by atoms with van der Waals surface area (Å²) in [5.41, 5.74) is 5.32. The van der Waals surface area contributed by atoms with Gasteiger partial charge in [0.25, 0.3) is 5.91 Å². The molecule has 0 aliphatic rings. The second kappa shape index (κ2) is 10.3. The van der Waals surface area contributed by atoms with Gasteiger partial charge in [-0.05, 0) is 48.3 Å². The third kappa shape index (κ3) is 6.30. The molecule has 1 aromatic heterocycles. The molecule has 8 heteroatoms. The second-order valence-corrected chi connectivity index (χ2v) is 6.48. The number of carbonyl (C=O) groups is 2. The zero-order valence-corrected chi connectivity index (χ0v) is 15.8. The first-order valence-electron chi connectivity index (χ1n) is 7.95. The molecule has 0 saturated heterocycles. The lowest BCUT2D eigenvalue weighted by Gasteiger charge is -2.12. The zero-order valence-electron chi connectivity index (χ0n) is 14.2. The Morgan fingerprint density at radius 3 is 2.73 bits per heavy atom. The molecule has 1 aromatic carbocycles. The normalized spacial score (nSPS) is 10.3. The lowest BCUT2D eigenvalue weighted by molar-refractivity contribution is -0.115. The number of nitrogens with one attached hydrogen (secondary N) is 3. The number of rotatable bonds is 6. The van der Waals surface area contributed by atoms with Gasteiger partial charge in [0.1, 0.15) is 5.75 Å². The molecule has 2 rings (SSSR count). The fourth-order valence-corrected chi connectivity index (χ4v) is 2.67. The lowest BCUT2D eigenvalue weighted by atomic mass is 10.2. The van der Waals surface area contributed by atoms with Gasteiger partial charge in [-0.25, -0.2) is 0 Å².